The summed E-state index contributed by atoms with van der Waals surface area (Å²) in [7, 11) is 0. The number of ether oxygens (including phenoxy) is 1. The van der Waals surface area contributed by atoms with Crippen molar-refractivity contribution in [3.8, 4) is 11.5 Å². The molecule has 2 aliphatic rings. The molecule has 0 saturated heterocycles. The van der Waals surface area contributed by atoms with Gasteiger partial charge in [-0.15, -0.1) is 0 Å². The third-order valence-electron chi connectivity index (χ3n) is 6.05. The highest BCUT2D eigenvalue weighted by Crippen LogP contribution is 2.53. The molecule has 138 valence electrons. The number of hydrogen-bond acceptors (Lipinski definition) is 3. The fourth-order valence-corrected chi connectivity index (χ4v) is 4.70. The van der Waals surface area contributed by atoms with Gasteiger partial charge in [0, 0.05) is 30.2 Å². The highest BCUT2D eigenvalue weighted by Gasteiger charge is 2.47. The van der Waals surface area contributed by atoms with E-state index in [1.165, 1.54) is 25.7 Å². The Kier molecular flexibility index (Phi) is 5.41. The van der Waals surface area contributed by atoms with Gasteiger partial charge in [-0.25, -0.2) is 0 Å². The Morgan fingerprint density at radius 2 is 1.96 bits per heavy atom. The number of ketones is 1. The van der Waals surface area contributed by atoms with Crippen LogP contribution in [0.4, 0.5) is 0 Å². The third kappa shape index (κ3) is 3.86. The van der Waals surface area contributed by atoms with Crippen molar-refractivity contribution >= 4 is 5.78 Å². The normalized spacial score (nSPS) is 24.4. The van der Waals surface area contributed by atoms with Crippen LogP contribution in [0.5, 0.6) is 11.5 Å². The molecule has 0 aromatic heterocycles. The number of hydrogen-bond donors (Lipinski definition) is 1. The van der Waals surface area contributed by atoms with Crippen LogP contribution in [0.1, 0.15) is 89.2 Å². The average Bonchev–Trinajstić information content (AvgIpc) is 2.53. The van der Waals surface area contributed by atoms with Crippen molar-refractivity contribution in [3.05, 3.63) is 23.3 Å². The summed E-state index contributed by atoms with van der Waals surface area (Å²) >= 11 is 0. The van der Waals surface area contributed by atoms with E-state index in [9.17, 15) is 9.90 Å². The van der Waals surface area contributed by atoms with Crippen molar-refractivity contribution in [2.24, 2.45) is 5.92 Å². The van der Waals surface area contributed by atoms with E-state index in [0.717, 1.165) is 36.1 Å². The summed E-state index contributed by atoms with van der Waals surface area (Å²) in [6, 6.07) is 4.00. The molecule has 3 nitrogen and oxygen atoms in total. The molecule has 0 amide bonds. The molecule has 1 fully saturated rings. The molecule has 25 heavy (non-hydrogen) atoms. The maximum absolute atomic E-state index is 12.0. The zero-order valence-corrected chi connectivity index (χ0v) is 15.9. The van der Waals surface area contributed by atoms with E-state index in [2.05, 4.69) is 26.8 Å². The number of carbonyl (C=O) groups excluding carboxylic acids is 1. The van der Waals surface area contributed by atoms with Gasteiger partial charge in [0.25, 0.3) is 0 Å². The zero-order valence-electron chi connectivity index (χ0n) is 15.9. The number of phenols is 1. The first-order valence-electron chi connectivity index (χ1n) is 9.99. The Morgan fingerprint density at radius 1 is 1.20 bits per heavy atom. The van der Waals surface area contributed by atoms with Gasteiger partial charge in [0.2, 0.25) is 0 Å². The van der Waals surface area contributed by atoms with Crippen LogP contribution in [0.25, 0.3) is 0 Å². The lowest BCUT2D eigenvalue weighted by Gasteiger charge is -2.47. The number of aryl methyl sites for hydroxylation is 1. The molecule has 2 unspecified atom stereocenters. The molecule has 1 aliphatic heterocycles. The summed E-state index contributed by atoms with van der Waals surface area (Å²) in [5, 5.41) is 10.7. The van der Waals surface area contributed by atoms with Crippen LogP contribution in [-0.4, -0.2) is 16.5 Å². The standard InChI is InChI=1S/C22H32O3/c1-4-5-6-7-8-9-15-12-19(24)21-17-14-16(23)10-11-18(17)22(2,3)25-20(21)13-15/h12-13,17-18,24H,4-11,14H2,1-3H3. The van der Waals surface area contributed by atoms with E-state index in [4.69, 9.17) is 4.74 Å². The Balaban J connectivity index is 1.81. The first-order valence-corrected chi connectivity index (χ1v) is 9.99. The van der Waals surface area contributed by atoms with Gasteiger partial charge in [0.05, 0.1) is 0 Å². The SMILES string of the molecule is CCCCCCCc1cc(O)c2c(c1)OC(C)(C)C1CCC(=O)CC21. The van der Waals surface area contributed by atoms with Crippen LogP contribution < -0.4 is 4.74 Å². The predicted octanol–water partition coefficient (Wildman–Crippen LogP) is 5.53. The molecule has 3 heteroatoms. The lowest BCUT2D eigenvalue weighted by Crippen LogP contribution is -2.47. The Labute approximate surface area is 151 Å². The van der Waals surface area contributed by atoms with E-state index in [0.29, 0.717) is 30.3 Å². The summed E-state index contributed by atoms with van der Waals surface area (Å²) in [6.45, 7) is 6.47. The first kappa shape index (κ1) is 18.3. The summed E-state index contributed by atoms with van der Waals surface area (Å²) in [5.74, 6) is 1.82. The molecule has 0 radical (unpaired) electrons. The van der Waals surface area contributed by atoms with Crippen LogP contribution in [0.3, 0.4) is 0 Å². The van der Waals surface area contributed by atoms with Crippen molar-refractivity contribution in [3.63, 3.8) is 0 Å². The molecule has 1 saturated carbocycles. The molecule has 1 aromatic carbocycles. The number of rotatable bonds is 6. The summed E-state index contributed by atoms with van der Waals surface area (Å²) in [5.41, 5.74) is 1.72. The molecule has 2 atom stereocenters. The van der Waals surface area contributed by atoms with Crippen LogP contribution >= 0.6 is 0 Å². The summed E-state index contributed by atoms with van der Waals surface area (Å²) in [6.07, 6.45) is 9.21. The minimum atomic E-state index is -0.287. The van der Waals surface area contributed by atoms with E-state index >= 15 is 0 Å². The van der Waals surface area contributed by atoms with Gasteiger partial charge in [0.1, 0.15) is 22.9 Å². The quantitative estimate of drug-likeness (QED) is 0.690. The second-order valence-electron chi connectivity index (χ2n) is 8.39. The van der Waals surface area contributed by atoms with Gasteiger partial charge in [-0.05, 0) is 50.8 Å². The smallest absolute Gasteiger partial charge is 0.133 e. The van der Waals surface area contributed by atoms with Crippen LogP contribution in [0.15, 0.2) is 12.1 Å². The molecule has 0 bridgehead atoms. The molecule has 1 aliphatic carbocycles. The highest BCUT2D eigenvalue weighted by atomic mass is 16.5. The van der Waals surface area contributed by atoms with Crippen LogP contribution in [0, 0.1) is 5.92 Å². The summed E-state index contributed by atoms with van der Waals surface area (Å²) < 4.78 is 6.32. The average molecular weight is 344 g/mol. The van der Waals surface area contributed by atoms with E-state index in [1.807, 2.05) is 6.07 Å². The number of Topliss-reactive ketones (excluding diaryl/α,β-unsaturated/α-hetero) is 1. The van der Waals surface area contributed by atoms with Gasteiger partial charge in [0.15, 0.2) is 0 Å². The lowest BCUT2D eigenvalue weighted by molar-refractivity contribution is -0.124. The molecule has 3 rings (SSSR count). The number of benzene rings is 1. The molecular weight excluding hydrogens is 312 g/mol. The fraction of sp³-hybridized carbons (Fsp3) is 0.682. The Bertz CT molecular complexity index is 632. The van der Waals surface area contributed by atoms with Gasteiger partial charge in [-0.2, -0.15) is 0 Å². The fourth-order valence-electron chi connectivity index (χ4n) is 4.70. The minimum absolute atomic E-state index is 0.0959. The second-order valence-corrected chi connectivity index (χ2v) is 8.39. The van der Waals surface area contributed by atoms with E-state index < -0.39 is 0 Å². The number of fused-ring (bicyclic) bond motifs is 3. The van der Waals surface area contributed by atoms with Crippen molar-refractivity contribution < 1.29 is 14.6 Å². The largest absolute Gasteiger partial charge is 0.508 e. The van der Waals surface area contributed by atoms with Gasteiger partial charge >= 0.3 is 0 Å². The summed E-state index contributed by atoms with van der Waals surface area (Å²) in [4.78, 5) is 12.0. The zero-order chi connectivity index (χ0) is 18.0. The number of phenolic OH excluding ortho intramolecular Hbond substituents is 1. The third-order valence-corrected chi connectivity index (χ3v) is 6.05. The molecule has 1 aromatic rings. The number of unbranched alkanes of at least 4 members (excludes halogenated alkanes) is 4. The maximum atomic E-state index is 12.0. The first-order chi connectivity index (χ1) is 11.9. The van der Waals surface area contributed by atoms with Crippen molar-refractivity contribution in [1.82, 2.24) is 0 Å². The Hall–Kier alpha value is -1.51. The number of carbonyl (C=O) groups is 1. The Morgan fingerprint density at radius 3 is 2.72 bits per heavy atom. The monoisotopic (exact) mass is 344 g/mol. The highest BCUT2D eigenvalue weighted by molar-refractivity contribution is 5.81. The lowest BCUT2D eigenvalue weighted by atomic mass is 9.66. The molecule has 1 heterocycles. The molecule has 1 N–H and O–H groups in total. The number of aromatic hydroxyl groups is 1. The van der Waals surface area contributed by atoms with Crippen molar-refractivity contribution in [2.45, 2.75) is 90.1 Å². The van der Waals surface area contributed by atoms with E-state index in [-0.39, 0.29) is 11.5 Å². The topological polar surface area (TPSA) is 46.5 Å². The van der Waals surface area contributed by atoms with Crippen molar-refractivity contribution in [1.29, 1.82) is 0 Å². The molecular formula is C22H32O3. The van der Waals surface area contributed by atoms with Crippen LogP contribution in [-0.2, 0) is 11.2 Å². The van der Waals surface area contributed by atoms with Crippen LogP contribution in [0.2, 0.25) is 0 Å². The second kappa shape index (κ2) is 7.39. The van der Waals surface area contributed by atoms with E-state index in [1.54, 1.807) is 0 Å². The van der Waals surface area contributed by atoms with Gasteiger partial charge < -0.3 is 9.84 Å². The molecule has 0 spiro atoms. The van der Waals surface area contributed by atoms with Gasteiger partial charge in [-0.1, -0.05) is 32.6 Å². The predicted molar refractivity (Wildman–Crippen MR) is 100 cm³/mol. The van der Waals surface area contributed by atoms with Gasteiger partial charge in [-0.3, -0.25) is 4.79 Å². The maximum Gasteiger partial charge on any atom is 0.133 e. The van der Waals surface area contributed by atoms with Crippen molar-refractivity contribution in [2.75, 3.05) is 0 Å². The minimum Gasteiger partial charge on any atom is -0.508 e.